The van der Waals surface area contributed by atoms with E-state index in [4.69, 9.17) is 14.6 Å². The van der Waals surface area contributed by atoms with E-state index < -0.39 is 5.97 Å². The Morgan fingerprint density at radius 3 is 3.06 bits per heavy atom. The molecule has 2 atom stereocenters. The molecule has 0 spiro atoms. The van der Waals surface area contributed by atoms with Gasteiger partial charge >= 0.3 is 5.97 Å². The molecule has 1 aliphatic heterocycles. The molecule has 0 aromatic rings. The molecule has 1 saturated heterocycles. The minimum atomic E-state index is -0.398. The molecule has 4 heteroatoms. The van der Waals surface area contributed by atoms with Gasteiger partial charge in [0, 0.05) is 5.92 Å². The largest absolute Gasteiger partial charge is 0.492 e. The number of hydrogen-bond acceptors (Lipinski definition) is 4. The van der Waals surface area contributed by atoms with Crippen LogP contribution in [0.4, 0.5) is 0 Å². The maximum Gasteiger partial charge on any atom is 0.334 e. The lowest BCUT2D eigenvalue weighted by Crippen LogP contribution is -2.09. The van der Waals surface area contributed by atoms with Crippen LogP contribution in [0.2, 0.25) is 0 Å². The molecule has 0 bridgehead atoms. The molecular formula is C12H18O4. The predicted octanol–water partition coefficient (Wildman–Crippen LogP) is 1.41. The molecule has 0 aliphatic carbocycles. The van der Waals surface area contributed by atoms with Gasteiger partial charge in [-0.25, -0.2) is 4.79 Å². The highest BCUT2D eigenvalue weighted by molar-refractivity contribution is 5.82. The molecule has 1 heterocycles. The van der Waals surface area contributed by atoms with Crippen molar-refractivity contribution in [2.75, 3.05) is 13.2 Å². The van der Waals surface area contributed by atoms with Crippen molar-refractivity contribution in [2.45, 2.75) is 25.9 Å². The number of aliphatic hydroxyl groups excluding tert-OH is 1. The molecule has 0 aromatic heterocycles. The molecule has 1 aliphatic rings. The fourth-order valence-corrected chi connectivity index (χ4v) is 1.75. The summed E-state index contributed by atoms with van der Waals surface area (Å²) in [7, 11) is 0. The molecule has 0 radical (unpaired) electrons. The van der Waals surface area contributed by atoms with Gasteiger partial charge < -0.3 is 14.6 Å². The van der Waals surface area contributed by atoms with Crippen molar-refractivity contribution >= 4 is 5.97 Å². The minimum Gasteiger partial charge on any atom is -0.492 e. The van der Waals surface area contributed by atoms with Gasteiger partial charge in [-0.3, -0.25) is 0 Å². The summed E-state index contributed by atoms with van der Waals surface area (Å²) in [5, 5.41) is 9.01. The van der Waals surface area contributed by atoms with Gasteiger partial charge in [-0.2, -0.15) is 0 Å². The van der Waals surface area contributed by atoms with Gasteiger partial charge in [-0.15, -0.1) is 6.58 Å². The Bertz CT molecular complexity index is 283. The van der Waals surface area contributed by atoms with Gasteiger partial charge in [0.25, 0.3) is 0 Å². The molecular weight excluding hydrogens is 208 g/mol. The molecule has 0 amide bonds. The van der Waals surface area contributed by atoms with Crippen LogP contribution in [0.5, 0.6) is 0 Å². The third-order valence-electron chi connectivity index (χ3n) is 2.45. The third-order valence-corrected chi connectivity index (χ3v) is 2.45. The fraction of sp³-hybridized carbons (Fsp3) is 0.583. The summed E-state index contributed by atoms with van der Waals surface area (Å²) in [6, 6.07) is 0. The maximum atomic E-state index is 11.3. The van der Waals surface area contributed by atoms with E-state index in [0.717, 1.165) is 6.42 Å². The first-order valence-electron chi connectivity index (χ1n) is 5.48. The number of ether oxygens (including phenoxy) is 2. The Hall–Kier alpha value is -1.29. The maximum absolute atomic E-state index is 11.3. The van der Waals surface area contributed by atoms with E-state index in [-0.39, 0.29) is 18.6 Å². The molecule has 4 nitrogen and oxygen atoms in total. The third kappa shape index (κ3) is 3.38. The monoisotopic (exact) mass is 226 g/mol. The smallest absolute Gasteiger partial charge is 0.334 e. The SMILES string of the molecule is C=CC[C@@H]1C[C@H](CO)O/C1=C/C(=O)OCC. The molecule has 1 N–H and O–H groups in total. The van der Waals surface area contributed by atoms with Gasteiger partial charge in [0.1, 0.15) is 11.9 Å². The second-order valence-corrected chi connectivity index (χ2v) is 3.68. The standard InChI is InChI=1S/C12H18O4/c1-3-5-9-6-10(8-13)16-11(9)7-12(14)15-4-2/h3,7,9-10,13H,1,4-6,8H2,2H3/b11-7+/t9-,10-/m1/s1. The van der Waals surface area contributed by atoms with Crippen LogP contribution in [0.3, 0.4) is 0 Å². The van der Waals surface area contributed by atoms with E-state index in [0.29, 0.717) is 18.8 Å². The van der Waals surface area contributed by atoms with Crippen LogP contribution >= 0.6 is 0 Å². The van der Waals surface area contributed by atoms with E-state index in [1.54, 1.807) is 13.0 Å². The van der Waals surface area contributed by atoms with Crippen LogP contribution in [-0.4, -0.2) is 30.4 Å². The van der Waals surface area contributed by atoms with E-state index in [1.165, 1.54) is 6.08 Å². The molecule has 0 aromatic carbocycles. The zero-order chi connectivity index (χ0) is 12.0. The number of hydrogen-bond donors (Lipinski definition) is 1. The summed E-state index contributed by atoms with van der Waals surface area (Å²) >= 11 is 0. The summed E-state index contributed by atoms with van der Waals surface area (Å²) in [4.78, 5) is 11.3. The molecule has 0 saturated carbocycles. The topological polar surface area (TPSA) is 55.8 Å². The number of aliphatic hydroxyl groups is 1. The summed E-state index contributed by atoms with van der Waals surface area (Å²) in [6.07, 6.45) is 4.39. The summed E-state index contributed by atoms with van der Waals surface area (Å²) in [5.74, 6) is 0.321. The lowest BCUT2D eigenvalue weighted by molar-refractivity contribution is -0.137. The van der Waals surface area contributed by atoms with Crippen molar-refractivity contribution in [3.8, 4) is 0 Å². The predicted molar refractivity (Wildman–Crippen MR) is 59.6 cm³/mol. The van der Waals surface area contributed by atoms with Crippen LogP contribution in [0, 0.1) is 5.92 Å². The summed E-state index contributed by atoms with van der Waals surface area (Å²) < 4.78 is 10.3. The minimum absolute atomic E-state index is 0.0339. The first-order valence-corrected chi connectivity index (χ1v) is 5.48. The molecule has 90 valence electrons. The number of esters is 1. The molecule has 0 unspecified atom stereocenters. The van der Waals surface area contributed by atoms with Crippen molar-refractivity contribution in [3.05, 3.63) is 24.5 Å². The van der Waals surface area contributed by atoms with Crippen molar-refractivity contribution in [2.24, 2.45) is 5.92 Å². The van der Waals surface area contributed by atoms with Crippen LogP contribution in [0.25, 0.3) is 0 Å². The van der Waals surface area contributed by atoms with Gasteiger partial charge in [0.2, 0.25) is 0 Å². The van der Waals surface area contributed by atoms with E-state index >= 15 is 0 Å². The Morgan fingerprint density at radius 2 is 2.50 bits per heavy atom. The van der Waals surface area contributed by atoms with Crippen LogP contribution in [0.15, 0.2) is 24.5 Å². The Kier molecular flexibility index (Phi) is 5.05. The van der Waals surface area contributed by atoms with Gasteiger partial charge in [0.15, 0.2) is 0 Å². The number of rotatable bonds is 5. The second-order valence-electron chi connectivity index (χ2n) is 3.68. The molecule has 1 rings (SSSR count). The number of carbonyl (C=O) groups excluding carboxylic acids is 1. The second kappa shape index (κ2) is 6.33. The Balaban J connectivity index is 2.67. The lowest BCUT2D eigenvalue weighted by Gasteiger charge is -2.07. The summed E-state index contributed by atoms with van der Waals surface area (Å²) in [5.41, 5.74) is 0. The van der Waals surface area contributed by atoms with Gasteiger partial charge in [0.05, 0.1) is 19.3 Å². The molecule has 16 heavy (non-hydrogen) atoms. The van der Waals surface area contributed by atoms with Crippen molar-refractivity contribution in [3.63, 3.8) is 0 Å². The Labute approximate surface area is 95.6 Å². The van der Waals surface area contributed by atoms with E-state index in [2.05, 4.69) is 6.58 Å². The Morgan fingerprint density at radius 1 is 1.75 bits per heavy atom. The first-order chi connectivity index (χ1) is 7.71. The van der Waals surface area contributed by atoms with Crippen LogP contribution < -0.4 is 0 Å². The lowest BCUT2D eigenvalue weighted by atomic mass is 9.99. The van der Waals surface area contributed by atoms with Crippen molar-refractivity contribution < 1.29 is 19.4 Å². The number of allylic oxidation sites excluding steroid dienone is 2. The fourth-order valence-electron chi connectivity index (χ4n) is 1.75. The summed E-state index contributed by atoms with van der Waals surface area (Å²) in [6.45, 7) is 5.73. The van der Waals surface area contributed by atoms with Gasteiger partial charge in [-0.05, 0) is 19.8 Å². The quantitative estimate of drug-likeness (QED) is 0.437. The van der Waals surface area contributed by atoms with E-state index in [1.807, 2.05) is 0 Å². The van der Waals surface area contributed by atoms with Crippen LogP contribution in [-0.2, 0) is 14.3 Å². The average molecular weight is 226 g/mol. The normalized spacial score (nSPS) is 26.5. The van der Waals surface area contributed by atoms with Gasteiger partial charge in [-0.1, -0.05) is 6.08 Å². The zero-order valence-corrected chi connectivity index (χ0v) is 9.52. The highest BCUT2D eigenvalue weighted by atomic mass is 16.5. The van der Waals surface area contributed by atoms with Crippen molar-refractivity contribution in [1.29, 1.82) is 0 Å². The number of carbonyl (C=O) groups is 1. The average Bonchev–Trinajstić information content (AvgIpc) is 2.62. The van der Waals surface area contributed by atoms with Crippen LogP contribution in [0.1, 0.15) is 19.8 Å². The van der Waals surface area contributed by atoms with E-state index in [9.17, 15) is 4.79 Å². The first kappa shape index (κ1) is 12.8. The van der Waals surface area contributed by atoms with Crippen molar-refractivity contribution in [1.82, 2.24) is 0 Å². The molecule has 1 fully saturated rings. The zero-order valence-electron chi connectivity index (χ0n) is 9.52. The highest BCUT2D eigenvalue weighted by Crippen LogP contribution is 2.32. The highest BCUT2D eigenvalue weighted by Gasteiger charge is 2.30.